The number of benzene rings is 1. The Balaban J connectivity index is 1.59. The Hall–Kier alpha value is -1.80. The smallest absolute Gasteiger partial charge is 0.289 e. The van der Waals surface area contributed by atoms with Gasteiger partial charge >= 0.3 is 0 Å². The van der Waals surface area contributed by atoms with Crippen molar-refractivity contribution in [2.24, 2.45) is 5.92 Å². The van der Waals surface area contributed by atoms with Crippen molar-refractivity contribution in [1.82, 2.24) is 20.9 Å². The molecular weight excluding hydrogens is 656 g/mol. The quantitative estimate of drug-likeness (QED) is 0.128. The Labute approximate surface area is 269 Å². The second-order valence-electron chi connectivity index (χ2n) is 11.5. The monoisotopic (exact) mass is 700 g/mol. The van der Waals surface area contributed by atoms with Crippen LogP contribution in [0.25, 0.3) is 0 Å². The molecule has 0 saturated carbocycles. The van der Waals surface area contributed by atoms with E-state index < -0.39 is 39.5 Å². The average Bonchev–Trinajstić information content (AvgIpc) is 3.39. The molecule has 43 heavy (non-hydrogen) atoms. The van der Waals surface area contributed by atoms with Crippen LogP contribution in [-0.2, 0) is 40.2 Å². The van der Waals surface area contributed by atoms with Gasteiger partial charge in [-0.15, -0.1) is 0 Å². The molecule has 4 atom stereocenters. The number of amides is 3. The van der Waals surface area contributed by atoms with Gasteiger partial charge < -0.3 is 20.7 Å². The fourth-order valence-corrected chi connectivity index (χ4v) is 8.81. The first-order valence-electron chi connectivity index (χ1n) is 15.1. The van der Waals surface area contributed by atoms with Crippen molar-refractivity contribution in [3.8, 4) is 0 Å². The zero-order valence-corrected chi connectivity index (χ0v) is 28.3. The van der Waals surface area contributed by atoms with E-state index in [2.05, 4.69) is 36.8 Å². The summed E-state index contributed by atoms with van der Waals surface area (Å²) in [6.45, 7) is 7.66. The van der Waals surface area contributed by atoms with E-state index in [-0.39, 0.29) is 29.9 Å². The van der Waals surface area contributed by atoms with Crippen molar-refractivity contribution >= 4 is 60.1 Å². The summed E-state index contributed by atoms with van der Waals surface area (Å²) in [4.78, 5) is 54.6. The van der Waals surface area contributed by atoms with E-state index in [0.29, 0.717) is 39.1 Å². The van der Waals surface area contributed by atoms with Gasteiger partial charge in [-0.1, -0.05) is 59.1 Å². The minimum Gasteiger partial charge on any atom is -0.379 e. The number of rotatable bonds is 17. The van der Waals surface area contributed by atoms with Crippen LogP contribution in [-0.4, -0.2) is 95.1 Å². The van der Waals surface area contributed by atoms with E-state index in [1.54, 1.807) is 0 Å². The van der Waals surface area contributed by atoms with Crippen LogP contribution in [0.1, 0.15) is 57.9 Å². The molecule has 3 rings (SSSR count). The first-order valence-corrected chi connectivity index (χ1v) is 18.6. The van der Waals surface area contributed by atoms with Gasteiger partial charge in [0.25, 0.3) is 5.91 Å². The van der Waals surface area contributed by atoms with Crippen LogP contribution in [0.2, 0.25) is 0 Å². The Morgan fingerprint density at radius 2 is 1.79 bits per heavy atom. The number of nitrogens with one attached hydrogen (secondary N) is 3. The summed E-state index contributed by atoms with van der Waals surface area (Å²) in [5.74, 6) is -1.17. The summed E-state index contributed by atoms with van der Waals surface area (Å²) in [5.41, 5.74) is 0.786. The van der Waals surface area contributed by atoms with Gasteiger partial charge in [-0.2, -0.15) is 0 Å². The molecule has 2 unspecified atom stereocenters. The van der Waals surface area contributed by atoms with Crippen LogP contribution >= 0.6 is 26.7 Å². The van der Waals surface area contributed by atoms with Crippen molar-refractivity contribution in [2.45, 2.75) is 76.1 Å². The van der Waals surface area contributed by atoms with Crippen LogP contribution in [0, 0.1) is 5.92 Å². The molecule has 0 bridgehead atoms. The van der Waals surface area contributed by atoms with Crippen molar-refractivity contribution < 1.29 is 28.1 Å². The third kappa shape index (κ3) is 13.0. The third-order valence-corrected chi connectivity index (χ3v) is 11.7. The lowest BCUT2D eigenvalue weighted by atomic mass is 9.99. The van der Waals surface area contributed by atoms with E-state index >= 15 is 0 Å². The van der Waals surface area contributed by atoms with Crippen molar-refractivity contribution in [2.75, 3.05) is 45.1 Å². The van der Waals surface area contributed by atoms with Gasteiger partial charge in [0.2, 0.25) is 17.6 Å². The number of ether oxygens (including phenoxy) is 1. The maximum Gasteiger partial charge on any atom is 0.289 e. The molecule has 1 aromatic carbocycles. The number of hydrogen-bond acceptors (Lipinski definition) is 8. The molecule has 2 saturated heterocycles. The summed E-state index contributed by atoms with van der Waals surface area (Å²) < 4.78 is 18.2. The van der Waals surface area contributed by atoms with E-state index in [0.717, 1.165) is 48.1 Å². The van der Waals surface area contributed by atoms with Crippen LogP contribution in [0.3, 0.4) is 0 Å². The molecule has 0 radical (unpaired) electrons. The number of morpholine rings is 1. The lowest BCUT2D eigenvalue weighted by Crippen LogP contribution is -2.55. The lowest BCUT2D eigenvalue weighted by Gasteiger charge is -2.26. The number of hydrogen-bond donors (Lipinski definition) is 3. The maximum absolute atomic E-state index is 13.5. The molecule has 13 heteroatoms. The number of unbranched alkanes of at least 4 members (excludes halogenated alkanes) is 1. The number of nitrogens with zero attached hydrogens (tertiary/aromatic N) is 1. The molecule has 1 aromatic rings. The summed E-state index contributed by atoms with van der Waals surface area (Å²) >= 11 is 3.40. The normalized spacial score (nSPS) is 20.4. The molecule has 3 N–H and O–H groups in total. The number of ketones is 1. The summed E-state index contributed by atoms with van der Waals surface area (Å²) in [6.07, 6.45) is 4.02. The Kier molecular flexibility index (Phi) is 15.7. The highest BCUT2D eigenvalue weighted by atomic mass is 79.9. The summed E-state index contributed by atoms with van der Waals surface area (Å²) in [5, 5.41) is 8.54. The van der Waals surface area contributed by atoms with E-state index in [4.69, 9.17) is 4.74 Å². The van der Waals surface area contributed by atoms with Crippen molar-refractivity contribution in [3.05, 3.63) is 34.3 Å². The fraction of sp³-hybridized carbons (Fsp3) is 0.667. The number of carbonyl (C=O) groups is 4. The van der Waals surface area contributed by atoms with E-state index in [9.17, 15) is 23.4 Å². The molecule has 3 amide bonds. The highest BCUT2D eigenvalue weighted by Crippen LogP contribution is 2.29. The molecule has 2 aliphatic heterocycles. The number of halogens is 1. The summed E-state index contributed by atoms with van der Waals surface area (Å²) in [6, 6.07) is 5.42. The average molecular weight is 702 g/mol. The second kappa shape index (κ2) is 18.9. The van der Waals surface area contributed by atoms with Gasteiger partial charge in [-0.25, -0.2) is 4.21 Å². The number of Topliss-reactive ketones (excluding diaryl/α,β-unsaturated/α-hetero) is 1. The van der Waals surface area contributed by atoms with Crippen LogP contribution in [0.15, 0.2) is 28.7 Å². The van der Waals surface area contributed by atoms with E-state index in [1.807, 2.05) is 38.1 Å². The van der Waals surface area contributed by atoms with Gasteiger partial charge in [-0.3, -0.25) is 24.1 Å². The fourth-order valence-electron chi connectivity index (χ4n) is 5.06. The first kappa shape index (κ1) is 35.7. The topological polar surface area (TPSA) is 134 Å². The van der Waals surface area contributed by atoms with Gasteiger partial charge in [0, 0.05) is 54.5 Å². The van der Waals surface area contributed by atoms with Crippen LogP contribution in [0.4, 0.5) is 0 Å². The van der Waals surface area contributed by atoms with Crippen molar-refractivity contribution in [1.29, 1.82) is 0 Å². The van der Waals surface area contributed by atoms with Crippen LogP contribution in [0.5, 0.6) is 0 Å². The minimum absolute atomic E-state index is 0.106. The molecule has 0 aliphatic carbocycles. The Morgan fingerprint density at radius 1 is 1.07 bits per heavy atom. The zero-order valence-electron chi connectivity index (χ0n) is 25.1. The van der Waals surface area contributed by atoms with Gasteiger partial charge in [-0.05, 0) is 49.3 Å². The number of carbonyl (C=O) groups excluding carboxylic acids is 4. The Morgan fingerprint density at radius 3 is 2.44 bits per heavy atom. The second-order valence-corrected chi connectivity index (χ2v) is 15.9. The van der Waals surface area contributed by atoms with Gasteiger partial charge in [0.05, 0.1) is 23.0 Å². The van der Waals surface area contributed by atoms with Crippen LogP contribution < -0.4 is 16.0 Å². The first-order chi connectivity index (χ1) is 20.6. The molecular formula is C30H45BrN4O6S2. The molecule has 10 nitrogen and oxygen atoms in total. The van der Waals surface area contributed by atoms with E-state index in [1.165, 1.54) is 10.8 Å². The SMILES string of the molecule is CC(C)C[C@H](NC(=O)CCCCC1CCSS1=O)C(=O)N[C@@H](Cc1ccc(Br)cc1)C(=O)C(=O)NCCN1CCOCC1. The molecule has 2 fully saturated rings. The molecule has 0 aromatic heterocycles. The standard InChI is InChI=1S/C30H45BrN4O6S2/c1-21(2)19-26(33-27(36)6-4-3-5-24-11-18-42-43(24)40)29(38)34-25(20-22-7-9-23(31)10-8-22)28(37)30(39)32-12-13-35-14-16-41-17-15-35/h7-10,21,24-26H,3-6,11-20H2,1-2H3,(H,32,39)(H,33,36)(H,34,38)/t24?,25-,26-,43?/m0/s1. The third-order valence-electron chi connectivity index (χ3n) is 7.48. The maximum atomic E-state index is 13.5. The predicted octanol–water partition coefficient (Wildman–Crippen LogP) is 2.75. The highest BCUT2D eigenvalue weighted by Gasteiger charge is 2.31. The molecule has 0 spiro atoms. The summed E-state index contributed by atoms with van der Waals surface area (Å²) in [7, 11) is 0.665. The lowest BCUT2D eigenvalue weighted by molar-refractivity contribution is -0.140. The zero-order chi connectivity index (χ0) is 31.2. The van der Waals surface area contributed by atoms with Crippen molar-refractivity contribution in [3.63, 3.8) is 0 Å². The Bertz CT molecular complexity index is 1100. The van der Waals surface area contributed by atoms with Gasteiger partial charge in [0.15, 0.2) is 0 Å². The molecule has 240 valence electrons. The molecule has 2 aliphatic rings. The van der Waals surface area contributed by atoms with Gasteiger partial charge in [0.1, 0.15) is 12.1 Å². The minimum atomic E-state index is -1.09. The largest absolute Gasteiger partial charge is 0.379 e. The highest BCUT2D eigenvalue weighted by molar-refractivity contribution is 9.10. The predicted molar refractivity (Wildman–Crippen MR) is 174 cm³/mol. The molecule has 2 heterocycles.